The summed E-state index contributed by atoms with van der Waals surface area (Å²) in [5, 5.41) is 0.0475. The van der Waals surface area contributed by atoms with Crippen molar-refractivity contribution in [2.45, 2.75) is 18.2 Å². The van der Waals surface area contributed by atoms with E-state index in [-0.39, 0.29) is 28.5 Å². The Bertz CT molecular complexity index is 780. The first-order valence-corrected chi connectivity index (χ1v) is 12.0. The highest BCUT2D eigenvalue weighted by atomic mass is 32.2. The van der Waals surface area contributed by atoms with Gasteiger partial charge in [0.05, 0.1) is 56.1 Å². The highest BCUT2D eigenvalue weighted by Gasteiger charge is 2.30. The maximum absolute atomic E-state index is 13.5. The molecule has 1 aromatic rings. The zero-order valence-corrected chi connectivity index (χ0v) is 17.1. The first-order valence-electron chi connectivity index (χ1n) is 9.12. The van der Waals surface area contributed by atoms with Crippen LogP contribution in [0.5, 0.6) is 5.75 Å². The Morgan fingerprint density at radius 2 is 2.11 bits per heavy atom. The molecule has 150 valence electrons. The van der Waals surface area contributed by atoms with E-state index in [4.69, 9.17) is 4.74 Å². The van der Waals surface area contributed by atoms with Crippen LogP contribution >= 0.6 is 11.8 Å². The second-order valence-corrected chi connectivity index (χ2v) is 10.6. The molecule has 0 bridgehead atoms. The lowest BCUT2D eigenvalue weighted by Gasteiger charge is -2.32. The van der Waals surface area contributed by atoms with Crippen LogP contribution in [-0.2, 0) is 21.2 Å². The van der Waals surface area contributed by atoms with E-state index < -0.39 is 9.84 Å². The molecule has 2 heterocycles. The number of amides is 1. The first-order chi connectivity index (χ1) is 12.9. The molecule has 2 saturated heterocycles. The Morgan fingerprint density at radius 3 is 2.74 bits per heavy atom. The molecule has 2 aliphatic rings. The van der Waals surface area contributed by atoms with E-state index in [9.17, 15) is 17.6 Å². The molecule has 1 N–H and O–H groups in total. The van der Waals surface area contributed by atoms with E-state index in [1.807, 2.05) is 4.90 Å². The second kappa shape index (κ2) is 8.79. The molecule has 1 atom stereocenters. The van der Waals surface area contributed by atoms with Gasteiger partial charge in [-0.05, 0) is 24.6 Å². The van der Waals surface area contributed by atoms with Crippen molar-refractivity contribution < 1.29 is 27.2 Å². The average Bonchev–Trinajstić information content (AvgIpc) is 2.99. The van der Waals surface area contributed by atoms with Gasteiger partial charge >= 0.3 is 0 Å². The number of ether oxygens (including phenoxy) is 1. The molecule has 27 heavy (non-hydrogen) atoms. The Labute approximate surface area is 164 Å². The lowest BCUT2D eigenvalue weighted by atomic mass is 10.1. The number of carbonyl (C=O) groups excluding carboxylic acids is 1. The van der Waals surface area contributed by atoms with E-state index in [1.54, 1.807) is 13.2 Å². The van der Waals surface area contributed by atoms with E-state index in [0.717, 1.165) is 18.7 Å². The summed E-state index contributed by atoms with van der Waals surface area (Å²) in [7, 11) is -1.32. The van der Waals surface area contributed by atoms with Crippen molar-refractivity contribution in [3.63, 3.8) is 0 Å². The molecule has 1 amide bonds. The molecule has 0 aliphatic carbocycles. The molecule has 0 aromatic heterocycles. The van der Waals surface area contributed by atoms with Crippen molar-refractivity contribution in [3.05, 3.63) is 29.6 Å². The van der Waals surface area contributed by atoms with Crippen molar-refractivity contribution in [1.82, 2.24) is 4.90 Å². The van der Waals surface area contributed by atoms with Crippen LogP contribution in [-0.4, -0.2) is 75.0 Å². The standard InChI is InChI=1S/C18H25FN2O4S2/c1-25-17-3-2-15(19)10-14(17)11-20-5-7-21(8-6-20)18(22)12-26-16-4-9-27(23,24)13-16/h2-3,10,16H,4-9,11-13H2,1H3/p+1/t16-/m1/s1. The summed E-state index contributed by atoms with van der Waals surface area (Å²) in [6.45, 7) is 3.59. The zero-order chi connectivity index (χ0) is 19.4. The van der Waals surface area contributed by atoms with Crippen LogP contribution in [0.15, 0.2) is 18.2 Å². The SMILES string of the molecule is COc1ccc(F)cc1C[NH+]1CCN(C(=O)CS[C@@H]2CCS(=O)(=O)C2)CC1. The first kappa shape index (κ1) is 20.4. The van der Waals surface area contributed by atoms with Crippen molar-refractivity contribution in [1.29, 1.82) is 0 Å². The number of piperazine rings is 1. The number of carbonyl (C=O) groups is 1. The number of methoxy groups -OCH3 is 1. The fourth-order valence-electron chi connectivity index (χ4n) is 3.58. The number of nitrogens with zero attached hydrogens (tertiary/aromatic N) is 1. The van der Waals surface area contributed by atoms with Crippen LogP contribution < -0.4 is 9.64 Å². The van der Waals surface area contributed by atoms with Gasteiger partial charge in [0.2, 0.25) is 5.91 Å². The van der Waals surface area contributed by atoms with Gasteiger partial charge in [0.15, 0.2) is 9.84 Å². The highest BCUT2D eigenvalue weighted by molar-refractivity contribution is 8.02. The van der Waals surface area contributed by atoms with Crippen LogP contribution in [0.1, 0.15) is 12.0 Å². The molecule has 0 unspecified atom stereocenters. The van der Waals surface area contributed by atoms with Crippen LogP contribution in [0.2, 0.25) is 0 Å². The molecule has 2 fully saturated rings. The number of hydrogen-bond acceptors (Lipinski definition) is 5. The second-order valence-electron chi connectivity index (χ2n) is 7.10. The van der Waals surface area contributed by atoms with Crippen molar-refractivity contribution in [3.8, 4) is 5.75 Å². The minimum Gasteiger partial charge on any atom is -0.496 e. The van der Waals surface area contributed by atoms with E-state index in [0.29, 0.717) is 37.6 Å². The number of quaternary nitrogens is 1. The summed E-state index contributed by atoms with van der Waals surface area (Å²) in [4.78, 5) is 15.5. The van der Waals surface area contributed by atoms with Gasteiger partial charge < -0.3 is 14.5 Å². The molecule has 0 radical (unpaired) electrons. The van der Waals surface area contributed by atoms with Crippen LogP contribution in [0.3, 0.4) is 0 Å². The summed E-state index contributed by atoms with van der Waals surface area (Å²) >= 11 is 1.46. The third kappa shape index (κ3) is 5.58. The number of thioether (sulfide) groups is 1. The Kier molecular flexibility index (Phi) is 6.65. The van der Waals surface area contributed by atoms with Gasteiger partial charge in [0.25, 0.3) is 0 Å². The Balaban J connectivity index is 1.45. The maximum Gasteiger partial charge on any atom is 0.232 e. The number of hydrogen-bond donors (Lipinski definition) is 1. The molecule has 0 spiro atoms. The molecule has 0 saturated carbocycles. The van der Waals surface area contributed by atoms with Gasteiger partial charge in [-0.2, -0.15) is 0 Å². The van der Waals surface area contributed by atoms with Gasteiger partial charge in [0, 0.05) is 5.25 Å². The Morgan fingerprint density at radius 1 is 1.37 bits per heavy atom. The predicted molar refractivity (Wildman–Crippen MR) is 103 cm³/mol. The van der Waals surface area contributed by atoms with Gasteiger partial charge in [-0.15, -0.1) is 11.8 Å². The van der Waals surface area contributed by atoms with E-state index in [1.165, 1.54) is 28.8 Å². The minimum absolute atomic E-state index is 0.0475. The number of rotatable bonds is 6. The summed E-state index contributed by atoms with van der Waals surface area (Å²) in [6, 6.07) is 4.54. The quantitative estimate of drug-likeness (QED) is 0.705. The highest BCUT2D eigenvalue weighted by Crippen LogP contribution is 2.24. The average molecular weight is 418 g/mol. The van der Waals surface area contributed by atoms with Crippen LogP contribution in [0, 0.1) is 5.82 Å². The third-order valence-electron chi connectivity index (χ3n) is 5.14. The largest absolute Gasteiger partial charge is 0.496 e. The lowest BCUT2D eigenvalue weighted by molar-refractivity contribution is -0.917. The van der Waals surface area contributed by atoms with E-state index in [2.05, 4.69) is 0 Å². The van der Waals surface area contributed by atoms with Crippen LogP contribution in [0.25, 0.3) is 0 Å². The van der Waals surface area contributed by atoms with Gasteiger partial charge in [-0.25, -0.2) is 12.8 Å². The van der Waals surface area contributed by atoms with Crippen molar-refractivity contribution in [2.24, 2.45) is 0 Å². The van der Waals surface area contributed by atoms with Gasteiger partial charge in [0.1, 0.15) is 18.1 Å². The molecule has 2 aliphatic heterocycles. The van der Waals surface area contributed by atoms with Crippen molar-refractivity contribution in [2.75, 3.05) is 50.5 Å². The number of benzene rings is 1. The summed E-state index contributed by atoms with van der Waals surface area (Å²) in [6.07, 6.45) is 0.647. The fraction of sp³-hybridized carbons (Fsp3) is 0.611. The summed E-state index contributed by atoms with van der Waals surface area (Å²) < 4.78 is 41.8. The molecule has 1 aromatic carbocycles. The maximum atomic E-state index is 13.5. The van der Waals surface area contributed by atoms with E-state index >= 15 is 0 Å². The molecular weight excluding hydrogens is 391 g/mol. The zero-order valence-electron chi connectivity index (χ0n) is 15.4. The van der Waals surface area contributed by atoms with Gasteiger partial charge in [-0.1, -0.05) is 0 Å². The van der Waals surface area contributed by atoms with Crippen molar-refractivity contribution >= 4 is 27.5 Å². The monoisotopic (exact) mass is 417 g/mol. The fourth-order valence-corrected chi connectivity index (χ4v) is 7.12. The minimum atomic E-state index is -2.90. The number of sulfone groups is 1. The topological polar surface area (TPSA) is 68.1 Å². The summed E-state index contributed by atoms with van der Waals surface area (Å²) in [5.41, 5.74) is 0.838. The number of halogens is 1. The van der Waals surface area contributed by atoms with Crippen LogP contribution in [0.4, 0.5) is 4.39 Å². The summed E-state index contributed by atoms with van der Waals surface area (Å²) in [5.74, 6) is 1.26. The van der Waals surface area contributed by atoms with Gasteiger partial charge in [-0.3, -0.25) is 4.79 Å². The molecule has 3 rings (SSSR count). The smallest absolute Gasteiger partial charge is 0.232 e. The third-order valence-corrected chi connectivity index (χ3v) is 8.41. The normalized spacial score (nSPS) is 22.7. The lowest BCUT2D eigenvalue weighted by Crippen LogP contribution is -3.13. The Hall–Kier alpha value is -1.32. The number of nitrogens with one attached hydrogen (secondary N) is 1. The molecule has 6 nitrogen and oxygen atoms in total. The molecule has 9 heteroatoms. The predicted octanol–water partition coefficient (Wildman–Crippen LogP) is -0.0183. The molecular formula is C18H26FN2O4S2+.